The minimum absolute atomic E-state index is 0.0677. The first kappa shape index (κ1) is 16.8. The highest BCUT2D eigenvalue weighted by atomic mass is 16.2. The molecule has 1 fully saturated rings. The molecule has 1 aliphatic heterocycles. The molecule has 1 saturated heterocycles. The molecule has 1 amide bonds. The van der Waals surface area contributed by atoms with Gasteiger partial charge in [0.25, 0.3) is 0 Å². The number of piperidine rings is 1. The molecule has 2 aromatic rings. The Hall–Kier alpha value is -2.09. The van der Waals surface area contributed by atoms with Crippen LogP contribution in [0.4, 0.5) is 0 Å². The van der Waals surface area contributed by atoms with Crippen LogP contribution in [0.25, 0.3) is 0 Å². The predicted octanol–water partition coefficient (Wildman–Crippen LogP) is 4.35. The van der Waals surface area contributed by atoms with Crippen LogP contribution in [0, 0.1) is 11.8 Å². The zero-order valence-electron chi connectivity index (χ0n) is 14.5. The molecular formula is C22H27NO. The third-order valence-electron chi connectivity index (χ3n) is 5.10. The maximum Gasteiger partial charge on any atom is 0.225 e. The smallest absolute Gasteiger partial charge is 0.225 e. The maximum absolute atomic E-state index is 12.7. The summed E-state index contributed by atoms with van der Waals surface area (Å²) in [6.07, 6.45) is 4.23. The Bertz CT molecular complexity index is 630. The molecule has 0 N–H and O–H groups in total. The van der Waals surface area contributed by atoms with E-state index in [1.165, 1.54) is 11.1 Å². The minimum Gasteiger partial charge on any atom is -0.342 e. The van der Waals surface area contributed by atoms with E-state index in [-0.39, 0.29) is 5.92 Å². The first-order valence-corrected chi connectivity index (χ1v) is 9.09. The summed E-state index contributed by atoms with van der Waals surface area (Å²) in [4.78, 5) is 14.8. The van der Waals surface area contributed by atoms with Gasteiger partial charge >= 0.3 is 0 Å². The predicted molar refractivity (Wildman–Crippen MR) is 98.8 cm³/mol. The Kier molecular flexibility index (Phi) is 5.68. The lowest BCUT2D eigenvalue weighted by atomic mass is 9.89. The topological polar surface area (TPSA) is 20.3 Å². The first-order valence-electron chi connectivity index (χ1n) is 9.09. The Labute approximate surface area is 145 Å². The van der Waals surface area contributed by atoms with Crippen molar-refractivity contribution in [1.82, 2.24) is 4.90 Å². The third-order valence-corrected chi connectivity index (χ3v) is 5.10. The first-order chi connectivity index (χ1) is 11.7. The standard InChI is InChI=1S/C22H27NO/c1-18(16-19-8-4-2-5-9-19)22(24)23-14-12-21(13-15-23)17-20-10-6-3-7-11-20/h2-11,18,21H,12-17H2,1H3. The van der Waals surface area contributed by atoms with E-state index < -0.39 is 0 Å². The molecule has 2 heteroatoms. The monoisotopic (exact) mass is 321 g/mol. The van der Waals surface area contributed by atoms with E-state index in [1.54, 1.807) is 0 Å². The molecule has 1 aliphatic rings. The van der Waals surface area contributed by atoms with Crippen molar-refractivity contribution in [1.29, 1.82) is 0 Å². The van der Waals surface area contributed by atoms with E-state index in [1.807, 2.05) is 18.2 Å². The Morgan fingerprint density at radius 1 is 0.958 bits per heavy atom. The van der Waals surface area contributed by atoms with E-state index in [4.69, 9.17) is 0 Å². The van der Waals surface area contributed by atoms with Crippen LogP contribution in [0.15, 0.2) is 60.7 Å². The SMILES string of the molecule is CC(Cc1ccccc1)C(=O)N1CCC(Cc2ccccc2)CC1. The van der Waals surface area contributed by atoms with Crippen LogP contribution in [0.3, 0.4) is 0 Å². The lowest BCUT2D eigenvalue weighted by Gasteiger charge is -2.33. The molecule has 0 spiro atoms. The number of carbonyl (C=O) groups excluding carboxylic acids is 1. The molecule has 0 radical (unpaired) electrons. The summed E-state index contributed by atoms with van der Waals surface area (Å²) in [5.74, 6) is 1.09. The normalized spacial score (nSPS) is 16.8. The second-order valence-electron chi connectivity index (χ2n) is 7.05. The second kappa shape index (κ2) is 8.14. The van der Waals surface area contributed by atoms with Crippen LogP contribution in [-0.2, 0) is 17.6 Å². The van der Waals surface area contributed by atoms with Gasteiger partial charge in [-0.1, -0.05) is 67.6 Å². The lowest BCUT2D eigenvalue weighted by molar-refractivity contribution is -0.136. The van der Waals surface area contributed by atoms with Gasteiger partial charge in [-0.05, 0) is 42.7 Å². The number of likely N-dealkylation sites (tertiary alicyclic amines) is 1. The number of rotatable bonds is 5. The van der Waals surface area contributed by atoms with Gasteiger partial charge in [0.15, 0.2) is 0 Å². The van der Waals surface area contributed by atoms with E-state index in [9.17, 15) is 4.79 Å². The molecule has 2 nitrogen and oxygen atoms in total. The summed E-state index contributed by atoms with van der Waals surface area (Å²) in [6.45, 7) is 3.89. The van der Waals surface area contributed by atoms with Crippen molar-refractivity contribution in [3.8, 4) is 0 Å². The van der Waals surface area contributed by atoms with Crippen molar-refractivity contribution in [3.63, 3.8) is 0 Å². The summed E-state index contributed by atoms with van der Waals surface area (Å²) in [5.41, 5.74) is 2.66. The largest absolute Gasteiger partial charge is 0.342 e. The number of amides is 1. The minimum atomic E-state index is 0.0677. The molecule has 0 aromatic heterocycles. The Balaban J connectivity index is 1.48. The molecule has 0 bridgehead atoms. The van der Waals surface area contributed by atoms with Gasteiger partial charge in [-0.25, -0.2) is 0 Å². The summed E-state index contributed by atoms with van der Waals surface area (Å²) < 4.78 is 0. The molecule has 2 aromatic carbocycles. The Morgan fingerprint density at radius 3 is 2.08 bits per heavy atom. The summed E-state index contributed by atoms with van der Waals surface area (Å²) in [5, 5.41) is 0. The maximum atomic E-state index is 12.7. The quantitative estimate of drug-likeness (QED) is 0.802. The van der Waals surface area contributed by atoms with Crippen LogP contribution in [-0.4, -0.2) is 23.9 Å². The van der Waals surface area contributed by atoms with Gasteiger partial charge in [0.05, 0.1) is 0 Å². The van der Waals surface area contributed by atoms with E-state index >= 15 is 0 Å². The van der Waals surface area contributed by atoms with Crippen LogP contribution in [0.5, 0.6) is 0 Å². The van der Waals surface area contributed by atoms with Crippen molar-refractivity contribution < 1.29 is 4.79 Å². The van der Waals surface area contributed by atoms with E-state index in [0.717, 1.165) is 38.8 Å². The molecule has 0 saturated carbocycles. The van der Waals surface area contributed by atoms with Crippen molar-refractivity contribution in [2.24, 2.45) is 11.8 Å². The molecule has 3 rings (SSSR count). The molecule has 0 aliphatic carbocycles. The summed E-state index contributed by atoms with van der Waals surface area (Å²) >= 11 is 0. The highest BCUT2D eigenvalue weighted by Gasteiger charge is 2.26. The van der Waals surface area contributed by atoms with Crippen LogP contribution in [0.2, 0.25) is 0 Å². The number of hydrogen-bond acceptors (Lipinski definition) is 1. The van der Waals surface area contributed by atoms with Gasteiger partial charge in [-0.3, -0.25) is 4.79 Å². The molecule has 1 unspecified atom stereocenters. The highest BCUT2D eigenvalue weighted by Crippen LogP contribution is 2.23. The second-order valence-corrected chi connectivity index (χ2v) is 7.05. The molecular weight excluding hydrogens is 294 g/mol. The highest BCUT2D eigenvalue weighted by molar-refractivity contribution is 5.78. The van der Waals surface area contributed by atoms with Crippen molar-refractivity contribution in [2.75, 3.05) is 13.1 Å². The van der Waals surface area contributed by atoms with Gasteiger partial charge in [-0.15, -0.1) is 0 Å². The number of hydrogen-bond donors (Lipinski definition) is 0. The van der Waals surface area contributed by atoms with Gasteiger partial charge < -0.3 is 4.90 Å². The van der Waals surface area contributed by atoms with Crippen molar-refractivity contribution in [3.05, 3.63) is 71.8 Å². The number of benzene rings is 2. The molecule has 1 heterocycles. The third kappa shape index (κ3) is 4.47. The van der Waals surface area contributed by atoms with Gasteiger partial charge in [0, 0.05) is 19.0 Å². The average molecular weight is 321 g/mol. The fraction of sp³-hybridized carbons (Fsp3) is 0.409. The average Bonchev–Trinajstić information content (AvgIpc) is 2.63. The van der Waals surface area contributed by atoms with Crippen molar-refractivity contribution >= 4 is 5.91 Å². The fourth-order valence-electron chi connectivity index (χ4n) is 3.67. The molecule has 1 atom stereocenters. The molecule has 24 heavy (non-hydrogen) atoms. The number of nitrogens with zero attached hydrogens (tertiary/aromatic N) is 1. The van der Waals surface area contributed by atoms with Crippen LogP contribution >= 0.6 is 0 Å². The van der Waals surface area contributed by atoms with Crippen LogP contribution in [0.1, 0.15) is 30.9 Å². The zero-order chi connectivity index (χ0) is 16.8. The van der Waals surface area contributed by atoms with Crippen LogP contribution < -0.4 is 0 Å². The zero-order valence-corrected chi connectivity index (χ0v) is 14.5. The van der Waals surface area contributed by atoms with Crippen molar-refractivity contribution in [2.45, 2.75) is 32.6 Å². The summed E-state index contributed by atoms with van der Waals surface area (Å²) in [6, 6.07) is 21.0. The van der Waals surface area contributed by atoms with E-state index in [2.05, 4.69) is 54.3 Å². The van der Waals surface area contributed by atoms with E-state index in [0.29, 0.717) is 11.8 Å². The summed E-state index contributed by atoms with van der Waals surface area (Å²) in [7, 11) is 0. The van der Waals surface area contributed by atoms with Gasteiger partial charge in [0.2, 0.25) is 5.91 Å². The lowest BCUT2D eigenvalue weighted by Crippen LogP contribution is -2.42. The Morgan fingerprint density at radius 2 is 1.50 bits per heavy atom. The fourth-order valence-corrected chi connectivity index (χ4v) is 3.67. The van der Waals surface area contributed by atoms with Gasteiger partial charge in [-0.2, -0.15) is 0 Å². The number of carbonyl (C=O) groups is 1. The molecule has 126 valence electrons. The van der Waals surface area contributed by atoms with Gasteiger partial charge in [0.1, 0.15) is 0 Å².